The van der Waals surface area contributed by atoms with Crippen molar-refractivity contribution in [3.05, 3.63) is 29.0 Å². The maximum Gasteiger partial charge on any atom is 0.241 e. The molecule has 3 N–H and O–H groups in total. The first-order valence-corrected chi connectivity index (χ1v) is 4.40. The number of carbonyl (C=O) groups is 1. The largest absolute Gasteiger partial charge is 0.323 e. The molecule has 0 radical (unpaired) electrons. The van der Waals surface area contributed by atoms with Crippen molar-refractivity contribution < 1.29 is 9.18 Å². The van der Waals surface area contributed by atoms with Gasteiger partial charge in [-0.05, 0) is 25.1 Å². The van der Waals surface area contributed by atoms with Gasteiger partial charge in [0, 0.05) is 0 Å². The van der Waals surface area contributed by atoms with Gasteiger partial charge >= 0.3 is 0 Å². The van der Waals surface area contributed by atoms with Crippen molar-refractivity contribution in [1.82, 2.24) is 0 Å². The van der Waals surface area contributed by atoms with E-state index in [0.717, 1.165) is 6.07 Å². The van der Waals surface area contributed by atoms with Crippen LogP contribution in [0.1, 0.15) is 6.92 Å². The Bertz CT molecular complexity index is 355. The van der Waals surface area contributed by atoms with Gasteiger partial charge in [-0.1, -0.05) is 11.6 Å². The van der Waals surface area contributed by atoms with Crippen LogP contribution in [0.2, 0.25) is 5.02 Å². The van der Waals surface area contributed by atoms with Crippen LogP contribution >= 0.6 is 11.6 Å². The van der Waals surface area contributed by atoms with E-state index in [1.165, 1.54) is 12.1 Å². The number of hydrogen-bond donors (Lipinski definition) is 2. The molecule has 0 aliphatic carbocycles. The van der Waals surface area contributed by atoms with Crippen molar-refractivity contribution in [3.8, 4) is 0 Å². The Labute approximate surface area is 86.0 Å². The van der Waals surface area contributed by atoms with Gasteiger partial charge in [0.1, 0.15) is 5.82 Å². The van der Waals surface area contributed by atoms with E-state index >= 15 is 0 Å². The van der Waals surface area contributed by atoms with Gasteiger partial charge in [0.15, 0.2) is 0 Å². The van der Waals surface area contributed by atoms with Crippen molar-refractivity contribution in [1.29, 1.82) is 0 Å². The van der Waals surface area contributed by atoms with E-state index in [-0.39, 0.29) is 10.9 Å². The first kappa shape index (κ1) is 10.9. The molecule has 0 aromatic heterocycles. The van der Waals surface area contributed by atoms with Gasteiger partial charge in [-0.25, -0.2) is 4.39 Å². The molecule has 1 amide bonds. The summed E-state index contributed by atoms with van der Waals surface area (Å²) in [4.78, 5) is 11.2. The fraction of sp³-hybridized carbons (Fsp3) is 0.222. The highest BCUT2D eigenvalue weighted by Gasteiger charge is 2.09. The lowest BCUT2D eigenvalue weighted by molar-refractivity contribution is -0.117. The molecule has 0 spiro atoms. The number of benzene rings is 1. The molecule has 0 bridgehead atoms. The zero-order valence-electron chi connectivity index (χ0n) is 7.55. The van der Waals surface area contributed by atoms with Crippen LogP contribution in [-0.2, 0) is 4.79 Å². The third-order valence-corrected chi connectivity index (χ3v) is 1.92. The molecular formula is C9H10ClFN2O. The molecule has 76 valence electrons. The van der Waals surface area contributed by atoms with Gasteiger partial charge in [-0.3, -0.25) is 4.79 Å². The van der Waals surface area contributed by atoms with Crippen LogP contribution in [0.4, 0.5) is 10.1 Å². The zero-order chi connectivity index (χ0) is 10.7. The minimum Gasteiger partial charge on any atom is -0.323 e. The second-order valence-corrected chi connectivity index (χ2v) is 3.31. The Balaban J connectivity index is 2.82. The zero-order valence-corrected chi connectivity index (χ0v) is 8.31. The first-order valence-electron chi connectivity index (χ1n) is 4.02. The highest BCUT2D eigenvalue weighted by molar-refractivity contribution is 6.33. The molecule has 0 aliphatic heterocycles. The normalized spacial score (nSPS) is 12.3. The topological polar surface area (TPSA) is 55.1 Å². The monoisotopic (exact) mass is 216 g/mol. The summed E-state index contributed by atoms with van der Waals surface area (Å²) >= 11 is 5.68. The number of anilines is 1. The number of nitrogens with two attached hydrogens (primary N) is 1. The minimum absolute atomic E-state index is 0.152. The van der Waals surface area contributed by atoms with Crippen LogP contribution < -0.4 is 11.1 Å². The fourth-order valence-electron chi connectivity index (χ4n) is 0.837. The second kappa shape index (κ2) is 4.39. The van der Waals surface area contributed by atoms with Crippen molar-refractivity contribution in [2.24, 2.45) is 5.73 Å². The average Bonchev–Trinajstić information content (AvgIpc) is 2.09. The number of hydrogen-bond acceptors (Lipinski definition) is 2. The van der Waals surface area contributed by atoms with E-state index in [4.69, 9.17) is 17.3 Å². The van der Waals surface area contributed by atoms with E-state index in [1.807, 2.05) is 0 Å². The summed E-state index contributed by atoms with van der Waals surface area (Å²) in [5.74, 6) is -0.813. The molecule has 14 heavy (non-hydrogen) atoms. The van der Waals surface area contributed by atoms with E-state index in [2.05, 4.69) is 5.32 Å². The number of rotatable bonds is 2. The summed E-state index contributed by atoms with van der Waals surface area (Å²) in [5.41, 5.74) is 5.69. The van der Waals surface area contributed by atoms with Crippen molar-refractivity contribution in [2.75, 3.05) is 5.32 Å². The lowest BCUT2D eigenvalue weighted by atomic mass is 10.3. The molecule has 0 saturated heterocycles. The van der Waals surface area contributed by atoms with E-state index in [1.54, 1.807) is 6.92 Å². The fourth-order valence-corrected chi connectivity index (χ4v) is 1.05. The number of halogens is 2. The van der Waals surface area contributed by atoms with E-state index in [9.17, 15) is 9.18 Å². The van der Waals surface area contributed by atoms with Crippen molar-refractivity contribution in [2.45, 2.75) is 13.0 Å². The minimum atomic E-state index is -0.629. The van der Waals surface area contributed by atoms with Gasteiger partial charge in [0.25, 0.3) is 0 Å². The Morgan fingerprint density at radius 3 is 2.79 bits per heavy atom. The lowest BCUT2D eigenvalue weighted by Crippen LogP contribution is -2.32. The summed E-state index contributed by atoms with van der Waals surface area (Å²) in [6, 6.07) is 3.09. The van der Waals surface area contributed by atoms with Crippen LogP contribution in [-0.4, -0.2) is 11.9 Å². The molecule has 3 nitrogen and oxygen atoms in total. The molecule has 1 atom stereocenters. The Hall–Kier alpha value is -1.13. The van der Waals surface area contributed by atoms with Crippen LogP contribution in [0.3, 0.4) is 0 Å². The number of amides is 1. The average molecular weight is 217 g/mol. The molecule has 5 heteroatoms. The first-order chi connectivity index (χ1) is 6.50. The highest BCUT2D eigenvalue weighted by Crippen LogP contribution is 2.22. The molecule has 1 rings (SSSR count). The number of carbonyl (C=O) groups excluding carboxylic acids is 1. The van der Waals surface area contributed by atoms with Crippen LogP contribution in [0.5, 0.6) is 0 Å². The molecule has 0 unspecified atom stereocenters. The molecule has 0 saturated carbocycles. The van der Waals surface area contributed by atoms with Gasteiger partial charge in [0.05, 0.1) is 16.8 Å². The van der Waals surface area contributed by atoms with E-state index < -0.39 is 11.9 Å². The van der Waals surface area contributed by atoms with Crippen molar-refractivity contribution in [3.63, 3.8) is 0 Å². The van der Waals surface area contributed by atoms with Gasteiger partial charge < -0.3 is 11.1 Å². The van der Waals surface area contributed by atoms with E-state index in [0.29, 0.717) is 5.69 Å². The number of nitrogens with one attached hydrogen (secondary N) is 1. The molecular weight excluding hydrogens is 207 g/mol. The lowest BCUT2D eigenvalue weighted by Gasteiger charge is -2.08. The summed E-state index contributed by atoms with van der Waals surface area (Å²) in [7, 11) is 0. The third-order valence-electron chi connectivity index (χ3n) is 1.60. The quantitative estimate of drug-likeness (QED) is 0.792. The Morgan fingerprint density at radius 2 is 2.29 bits per heavy atom. The smallest absolute Gasteiger partial charge is 0.241 e. The molecule has 1 aromatic rings. The maximum atomic E-state index is 12.6. The maximum absolute atomic E-state index is 12.6. The van der Waals surface area contributed by atoms with Gasteiger partial charge in [-0.15, -0.1) is 0 Å². The van der Waals surface area contributed by atoms with Gasteiger partial charge in [-0.2, -0.15) is 0 Å². The van der Waals surface area contributed by atoms with Crippen molar-refractivity contribution >= 4 is 23.2 Å². The van der Waals surface area contributed by atoms with Crippen LogP contribution in [0.25, 0.3) is 0 Å². The predicted molar refractivity (Wildman–Crippen MR) is 53.7 cm³/mol. The molecule has 0 aliphatic rings. The third kappa shape index (κ3) is 2.68. The second-order valence-electron chi connectivity index (χ2n) is 2.90. The highest BCUT2D eigenvalue weighted by atomic mass is 35.5. The summed E-state index contributed by atoms with van der Waals surface area (Å²) in [6.07, 6.45) is 0. The molecule has 1 aromatic carbocycles. The van der Waals surface area contributed by atoms with Crippen LogP contribution in [0, 0.1) is 5.82 Å². The Kier molecular flexibility index (Phi) is 3.43. The predicted octanol–water partition coefficient (Wildman–Crippen LogP) is 1.76. The standard InChI is InChI=1S/C9H10ClFN2O/c1-5(12)9(14)13-8-3-2-6(11)4-7(8)10/h2-5H,12H2,1H3,(H,13,14)/t5-/m1/s1. The van der Waals surface area contributed by atoms with Gasteiger partial charge in [0.2, 0.25) is 5.91 Å². The summed E-state index contributed by atoms with van der Waals surface area (Å²) in [6.45, 7) is 1.55. The van der Waals surface area contributed by atoms with Crippen LogP contribution in [0.15, 0.2) is 18.2 Å². The summed E-state index contributed by atoms with van der Waals surface area (Å²) in [5, 5.41) is 2.63. The SMILES string of the molecule is C[C@@H](N)C(=O)Nc1ccc(F)cc1Cl. The molecule has 0 fully saturated rings. The molecule has 0 heterocycles. The Morgan fingerprint density at radius 1 is 1.64 bits per heavy atom. The summed E-state index contributed by atoms with van der Waals surface area (Å²) < 4.78 is 12.6.